The second-order valence-electron chi connectivity index (χ2n) is 6.32. The molecule has 20 heavy (non-hydrogen) atoms. The number of aryl methyl sites for hydroxylation is 1. The molecule has 0 bridgehead atoms. The van der Waals surface area contributed by atoms with E-state index >= 15 is 0 Å². The average molecular weight is 273 g/mol. The van der Waals surface area contributed by atoms with Crippen LogP contribution in [0.3, 0.4) is 0 Å². The Morgan fingerprint density at radius 1 is 1.20 bits per heavy atom. The van der Waals surface area contributed by atoms with Crippen LogP contribution in [0.2, 0.25) is 0 Å². The fourth-order valence-corrected chi connectivity index (χ4v) is 3.79. The Morgan fingerprint density at radius 2 is 1.95 bits per heavy atom. The second-order valence-corrected chi connectivity index (χ2v) is 6.32. The maximum Gasteiger partial charge on any atom is 0.257 e. The zero-order valence-electron chi connectivity index (χ0n) is 12.1. The van der Waals surface area contributed by atoms with E-state index in [0.717, 1.165) is 31.0 Å². The molecule has 3 rings (SSSR count). The molecule has 0 spiro atoms. The van der Waals surface area contributed by atoms with E-state index in [1.54, 1.807) is 6.07 Å². The van der Waals surface area contributed by atoms with E-state index in [2.05, 4.69) is 0 Å². The molecule has 1 aliphatic carbocycles. The molecule has 1 amide bonds. The van der Waals surface area contributed by atoms with Gasteiger partial charge in [-0.15, -0.1) is 0 Å². The van der Waals surface area contributed by atoms with E-state index in [0.29, 0.717) is 11.5 Å². The maximum absolute atomic E-state index is 12.6. The van der Waals surface area contributed by atoms with Crippen molar-refractivity contribution in [2.24, 2.45) is 11.8 Å². The van der Waals surface area contributed by atoms with Crippen LogP contribution in [0.25, 0.3) is 0 Å². The van der Waals surface area contributed by atoms with Gasteiger partial charge in [0.2, 0.25) is 0 Å². The predicted molar refractivity (Wildman–Crippen MR) is 78.8 cm³/mol. The molecule has 0 radical (unpaired) electrons. The first-order valence-corrected chi connectivity index (χ1v) is 7.74. The minimum Gasteiger partial charge on any atom is -0.507 e. The third-order valence-corrected chi connectivity index (χ3v) is 5.05. The van der Waals surface area contributed by atoms with E-state index in [4.69, 9.17) is 0 Å². The third kappa shape index (κ3) is 2.41. The molecule has 0 aromatic heterocycles. The van der Waals surface area contributed by atoms with Crippen molar-refractivity contribution in [2.45, 2.75) is 39.0 Å². The molecule has 2 unspecified atom stereocenters. The summed E-state index contributed by atoms with van der Waals surface area (Å²) < 4.78 is 0. The number of aromatic hydroxyl groups is 1. The second kappa shape index (κ2) is 5.47. The number of para-hydroxylation sites is 1. The van der Waals surface area contributed by atoms with Crippen molar-refractivity contribution >= 4 is 5.91 Å². The fraction of sp³-hybridized carbons (Fsp3) is 0.588. The van der Waals surface area contributed by atoms with Gasteiger partial charge in [0.1, 0.15) is 5.75 Å². The Kier molecular flexibility index (Phi) is 3.68. The van der Waals surface area contributed by atoms with Gasteiger partial charge in [-0.05, 0) is 43.2 Å². The van der Waals surface area contributed by atoms with Gasteiger partial charge in [0.15, 0.2) is 0 Å². The molecule has 1 aromatic carbocycles. The molecule has 2 aliphatic rings. The largest absolute Gasteiger partial charge is 0.507 e. The van der Waals surface area contributed by atoms with Crippen LogP contribution < -0.4 is 0 Å². The highest BCUT2D eigenvalue weighted by Crippen LogP contribution is 2.36. The predicted octanol–water partition coefficient (Wildman–Crippen LogP) is 3.35. The molecule has 2 atom stereocenters. The van der Waals surface area contributed by atoms with Gasteiger partial charge in [0.05, 0.1) is 5.56 Å². The van der Waals surface area contributed by atoms with Crippen LogP contribution in [-0.2, 0) is 0 Å². The van der Waals surface area contributed by atoms with Crippen molar-refractivity contribution in [3.63, 3.8) is 0 Å². The summed E-state index contributed by atoms with van der Waals surface area (Å²) in [6.45, 7) is 3.55. The van der Waals surface area contributed by atoms with Crippen LogP contribution in [-0.4, -0.2) is 29.0 Å². The lowest BCUT2D eigenvalue weighted by molar-refractivity contribution is 0.0518. The van der Waals surface area contributed by atoms with Gasteiger partial charge >= 0.3 is 0 Å². The van der Waals surface area contributed by atoms with Gasteiger partial charge < -0.3 is 10.0 Å². The number of nitrogens with zero attached hydrogens (tertiary/aromatic N) is 1. The topological polar surface area (TPSA) is 40.5 Å². The van der Waals surface area contributed by atoms with E-state index < -0.39 is 0 Å². The number of fused-ring (bicyclic) bond motifs is 1. The number of carbonyl (C=O) groups is 1. The van der Waals surface area contributed by atoms with E-state index in [-0.39, 0.29) is 11.7 Å². The van der Waals surface area contributed by atoms with Crippen LogP contribution in [0.5, 0.6) is 5.75 Å². The Bertz CT molecular complexity index is 512. The molecule has 1 N–H and O–H groups in total. The quantitative estimate of drug-likeness (QED) is 0.852. The molecule has 108 valence electrons. The van der Waals surface area contributed by atoms with Crippen LogP contribution in [0, 0.1) is 18.8 Å². The summed E-state index contributed by atoms with van der Waals surface area (Å²) in [4.78, 5) is 14.6. The molecular formula is C17H23NO2. The van der Waals surface area contributed by atoms with Crippen molar-refractivity contribution in [1.29, 1.82) is 0 Å². The lowest BCUT2D eigenvalue weighted by Crippen LogP contribution is -2.44. The standard InChI is InChI=1S/C17H23NO2/c1-12-5-4-8-15(16(12)19)17(20)18-10-9-13-6-2-3-7-14(13)11-18/h4-5,8,13-14,19H,2-3,6-7,9-11H2,1H3. The number of benzene rings is 1. The zero-order valence-corrected chi connectivity index (χ0v) is 12.1. The summed E-state index contributed by atoms with van der Waals surface area (Å²) in [5.74, 6) is 1.63. The van der Waals surface area contributed by atoms with Gasteiger partial charge in [-0.25, -0.2) is 0 Å². The lowest BCUT2D eigenvalue weighted by Gasteiger charge is -2.41. The summed E-state index contributed by atoms with van der Waals surface area (Å²) in [7, 11) is 0. The lowest BCUT2D eigenvalue weighted by atomic mass is 9.75. The summed E-state index contributed by atoms with van der Waals surface area (Å²) in [6.07, 6.45) is 6.38. The number of piperidine rings is 1. The Balaban J connectivity index is 1.76. The monoisotopic (exact) mass is 273 g/mol. The molecule has 3 nitrogen and oxygen atoms in total. The van der Waals surface area contributed by atoms with Gasteiger partial charge in [-0.2, -0.15) is 0 Å². The summed E-state index contributed by atoms with van der Waals surface area (Å²) >= 11 is 0. The van der Waals surface area contributed by atoms with Gasteiger partial charge in [0, 0.05) is 13.1 Å². The van der Waals surface area contributed by atoms with E-state index in [1.807, 2.05) is 24.0 Å². The average Bonchev–Trinajstić information content (AvgIpc) is 2.49. The van der Waals surface area contributed by atoms with E-state index in [9.17, 15) is 9.90 Å². The number of hydrogen-bond acceptors (Lipinski definition) is 2. The highest BCUT2D eigenvalue weighted by atomic mass is 16.3. The van der Waals surface area contributed by atoms with Crippen LogP contribution >= 0.6 is 0 Å². The summed E-state index contributed by atoms with van der Waals surface area (Å²) in [5.41, 5.74) is 1.22. The molecule has 2 fully saturated rings. The Morgan fingerprint density at radius 3 is 2.75 bits per heavy atom. The molecule has 3 heteroatoms. The maximum atomic E-state index is 12.6. The minimum absolute atomic E-state index is 0.00442. The Hall–Kier alpha value is -1.51. The molecule has 1 aliphatic heterocycles. The third-order valence-electron chi connectivity index (χ3n) is 5.05. The highest BCUT2D eigenvalue weighted by Gasteiger charge is 2.33. The fourth-order valence-electron chi connectivity index (χ4n) is 3.79. The zero-order chi connectivity index (χ0) is 14.1. The minimum atomic E-state index is -0.00442. The number of rotatable bonds is 1. The van der Waals surface area contributed by atoms with Crippen molar-refractivity contribution in [1.82, 2.24) is 4.90 Å². The first kappa shape index (κ1) is 13.5. The molecular weight excluding hydrogens is 250 g/mol. The highest BCUT2D eigenvalue weighted by molar-refractivity contribution is 5.97. The first-order valence-electron chi connectivity index (χ1n) is 7.74. The summed E-state index contributed by atoms with van der Waals surface area (Å²) in [5, 5.41) is 10.1. The van der Waals surface area contributed by atoms with Gasteiger partial charge in [0.25, 0.3) is 5.91 Å². The SMILES string of the molecule is Cc1cccc(C(=O)N2CCC3CCCCC3C2)c1O. The van der Waals surface area contributed by atoms with Crippen molar-refractivity contribution in [3.05, 3.63) is 29.3 Å². The van der Waals surface area contributed by atoms with Crippen LogP contribution in [0.4, 0.5) is 0 Å². The smallest absolute Gasteiger partial charge is 0.257 e. The van der Waals surface area contributed by atoms with Gasteiger partial charge in [-0.3, -0.25) is 4.79 Å². The van der Waals surface area contributed by atoms with Crippen LogP contribution in [0.1, 0.15) is 48.0 Å². The number of hydrogen-bond donors (Lipinski definition) is 1. The molecule has 1 heterocycles. The normalized spacial score (nSPS) is 26.1. The number of carbonyl (C=O) groups excluding carboxylic acids is 1. The van der Waals surface area contributed by atoms with Crippen molar-refractivity contribution < 1.29 is 9.90 Å². The molecule has 1 aromatic rings. The van der Waals surface area contributed by atoms with Crippen LogP contribution in [0.15, 0.2) is 18.2 Å². The number of amides is 1. The van der Waals surface area contributed by atoms with Crippen molar-refractivity contribution in [3.8, 4) is 5.75 Å². The van der Waals surface area contributed by atoms with Crippen molar-refractivity contribution in [2.75, 3.05) is 13.1 Å². The molecule has 1 saturated heterocycles. The number of likely N-dealkylation sites (tertiary alicyclic amines) is 1. The van der Waals surface area contributed by atoms with Gasteiger partial charge in [-0.1, -0.05) is 31.4 Å². The number of phenolic OH excluding ortho intramolecular Hbond substituents is 1. The van der Waals surface area contributed by atoms with E-state index in [1.165, 1.54) is 25.7 Å². The Labute approximate surface area is 120 Å². The summed E-state index contributed by atoms with van der Waals surface area (Å²) in [6, 6.07) is 5.41. The molecule has 1 saturated carbocycles. The number of phenols is 1. The first-order chi connectivity index (χ1) is 9.66.